The van der Waals surface area contributed by atoms with Gasteiger partial charge in [0.2, 0.25) is 0 Å². The van der Waals surface area contributed by atoms with Gasteiger partial charge in [-0.1, -0.05) is 6.07 Å². The molecule has 0 spiro atoms. The zero-order chi connectivity index (χ0) is 14.3. The van der Waals surface area contributed by atoms with Crippen LogP contribution < -0.4 is 5.76 Å². The molecule has 0 atom stereocenters. The molecule has 0 radical (unpaired) electrons. The third-order valence-corrected chi connectivity index (χ3v) is 3.15. The van der Waals surface area contributed by atoms with Crippen molar-refractivity contribution in [3.63, 3.8) is 0 Å². The number of fused-ring (bicyclic) bond motifs is 1. The summed E-state index contributed by atoms with van der Waals surface area (Å²) in [6.45, 7) is 0. The number of halogens is 1. The van der Waals surface area contributed by atoms with Crippen LogP contribution >= 0.6 is 15.9 Å². The highest BCUT2D eigenvalue weighted by atomic mass is 79.9. The topological polar surface area (TPSA) is 112 Å². The van der Waals surface area contributed by atoms with Crippen LogP contribution in [0.2, 0.25) is 0 Å². The van der Waals surface area contributed by atoms with Crippen molar-refractivity contribution in [2.24, 2.45) is 0 Å². The van der Waals surface area contributed by atoms with Crippen molar-refractivity contribution in [1.29, 1.82) is 0 Å². The molecule has 2 heterocycles. The van der Waals surface area contributed by atoms with Crippen molar-refractivity contribution in [2.45, 2.75) is 6.42 Å². The molecule has 0 saturated heterocycles. The Morgan fingerprint density at radius 1 is 1.40 bits per heavy atom. The summed E-state index contributed by atoms with van der Waals surface area (Å²) < 4.78 is 5.42. The molecule has 0 bridgehead atoms. The van der Waals surface area contributed by atoms with E-state index in [0.29, 0.717) is 32.8 Å². The van der Waals surface area contributed by atoms with Crippen LogP contribution in [0.3, 0.4) is 0 Å². The van der Waals surface area contributed by atoms with Crippen LogP contribution in [0.15, 0.2) is 32.1 Å². The van der Waals surface area contributed by atoms with E-state index >= 15 is 0 Å². The number of carbonyl (C=O) groups is 1. The number of benzene rings is 1. The van der Waals surface area contributed by atoms with E-state index in [1.165, 1.54) is 0 Å². The summed E-state index contributed by atoms with van der Waals surface area (Å²) in [5, 5.41) is 8.89. The highest BCUT2D eigenvalue weighted by molar-refractivity contribution is 9.10. The second kappa shape index (κ2) is 4.64. The van der Waals surface area contributed by atoms with Crippen molar-refractivity contribution in [2.75, 3.05) is 0 Å². The van der Waals surface area contributed by atoms with Crippen molar-refractivity contribution >= 4 is 33.0 Å². The van der Waals surface area contributed by atoms with E-state index in [4.69, 9.17) is 9.52 Å². The van der Waals surface area contributed by atoms with E-state index in [9.17, 15) is 9.59 Å². The van der Waals surface area contributed by atoms with Gasteiger partial charge in [-0.05, 0) is 28.1 Å². The van der Waals surface area contributed by atoms with Gasteiger partial charge in [0.05, 0.1) is 23.3 Å². The van der Waals surface area contributed by atoms with Crippen LogP contribution in [-0.2, 0) is 11.2 Å². The maximum absolute atomic E-state index is 11.1. The Hall–Kier alpha value is -2.35. The standard InChI is InChI=1S/C12H8BrN3O4/c13-11-14-7(4-9(17)18)10(16-11)5-1-2-6-8(3-5)20-12(19)15-6/h1-3H,4H2,(H,14,16)(H,15,19)(H,17,18). The van der Waals surface area contributed by atoms with Gasteiger partial charge in [0.1, 0.15) is 0 Å². The van der Waals surface area contributed by atoms with Crippen LogP contribution in [0.1, 0.15) is 5.69 Å². The number of hydrogen-bond donors (Lipinski definition) is 3. The zero-order valence-electron chi connectivity index (χ0n) is 9.94. The fourth-order valence-electron chi connectivity index (χ4n) is 1.99. The van der Waals surface area contributed by atoms with Crippen LogP contribution in [0.4, 0.5) is 0 Å². The largest absolute Gasteiger partial charge is 0.481 e. The maximum atomic E-state index is 11.1. The molecule has 0 saturated carbocycles. The van der Waals surface area contributed by atoms with Gasteiger partial charge in [-0.15, -0.1) is 0 Å². The van der Waals surface area contributed by atoms with Crippen molar-refractivity contribution in [1.82, 2.24) is 15.0 Å². The predicted molar refractivity (Wildman–Crippen MR) is 73.5 cm³/mol. The molecule has 8 heteroatoms. The van der Waals surface area contributed by atoms with Crippen LogP contribution in [0, 0.1) is 0 Å². The number of aliphatic carboxylic acids is 1. The maximum Gasteiger partial charge on any atom is 0.417 e. The summed E-state index contributed by atoms with van der Waals surface area (Å²) in [4.78, 5) is 31.6. The zero-order valence-corrected chi connectivity index (χ0v) is 11.5. The number of carboxylic acid groups (broad SMARTS) is 1. The van der Waals surface area contributed by atoms with Crippen LogP contribution in [0.5, 0.6) is 0 Å². The lowest BCUT2D eigenvalue weighted by atomic mass is 10.1. The second-order valence-electron chi connectivity index (χ2n) is 4.15. The molecular formula is C12H8BrN3O4. The molecule has 0 aliphatic carbocycles. The number of hydrogen-bond acceptors (Lipinski definition) is 4. The number of nitrogens with zero attached hydrogens (tertiary/aromatic N) is 1. The number of imidazole rings is 1. The first-order valence-electron chi connectivity index (χ1n) is 5.62. The van der Waals surface area contributed by atoms with Gasteiger partial charge in [0.25, 0.3) is 0 Å². The molecule has 0 aliphatic heterocycles. The average Bonchev–Trinajstić information content (AvgIpc) is 2.89. The molecule has 0 fully saturated rings. The SMILES string of the molecule is O=C(O)Cc1[nH]c(Br)nc1-c1ccc2[nH]c(=O)oc2c1. The normalized spacial score (nSPS) is 11.1. The van der Waals surface area contributed by atoms with E-state index in [-0.39, 0.29) is 6.42 Å². The lowest BCUT2D eigenvalue weighted by Crippen LogP contribution is -2.01. The summed E-state index contributed by atoms with van der Waals surface area (Å²) in [5.41, 5.74) is 2.62. The molecule has 3 rings (SSSR count). The second-order valence-corrected chi connectivity index (χ2v) is 4.90. The monoisotopic (exact) mass is 337 g/mol. The third kappa shape index (κ3) is 2.25. The smallest absolute Gasteiger partial charge is 0.417 e. The Morgan fingerprint density at radius 2 is 2.20 bits per heavy atom. The first kappa shape index (κ1) is 12.7. The van der Waals surface area contributed by atoms with E-state index < -0.39 is 11.7 Å². The quantitative estimate of drug-likeness (QED) is 0.675. The minimum absolute atomic E-state index is 0.178. The molecule has 3 N–H and O–H groups in total. The molecule has 0 amide bonds. The summed E-state index contributed by atoms with van der Waals surface area (Å²) >= 11 is 3.18. The highest BCUT2D eigenvalue weighted by Gasteiger charge is 2.15. The molecule has 3 aromatic rings. The van der Waals surface area contributed by atoms with E-state index in [0.717, 1.165) is 0 Å². The summed E-state index contributed by atoms with van der Waals surface area (Å²) in [6, 6.07) is 5.06. The number of aromatic nitrogens is 3. The number of carboxylic acids is 1. The Morgan fingerprint density at radius 3 is 2.95 bits per heavy atom. The first-order chi connectivity index (χ1) is 9.52. The Bertz CT molecular complexity index is 861. The number of oxazole rings is 1. The molecule has 1 aromatic carbocycles. The van der Waals surface area contributed by atoms with Gasteiger partial charge in [0.15, 0.2) is 10.3 Å². The van der Waals surface area contributed by atoms with Gasteiger partial charge >= 0.3 is 11.7 Å². The predicted octanol–water partition coefficient (Wildman–Crippen LogP) is 1.90. The number of rotatable bonds is 3. The summed E-state index contributed by atoms with van der Waals surface area (Å²) in [7, 11) is 0. The van der Waals surface area contributed by atoms with Crippen LogP contribution in [0.25, 0.3) is 22.4 Å². The van der Waals surface area contributed by atoms with E-state index in [1.54, 1.807) is 18.2 Å². The Labute approximate surface area is 119 Å². The van der Waals surface area contributed by atoms with Gasteiger partial charge in [-0.25, -0.2) is 9.78 Å². The van der Waals surface area contributed by atoms with Gasteiger partial charge < -0.3 is 14.5 Å². The minimum atomic E-state index is -0.961. The molecular weight excluding hydrogens is 330 g/mol. The fourth-order valence-corrected chi connectivity index (χ4v) is 2.40. The van der Waals surface area contributed by atoms with Crippen molar-refractivity contribution in [3.05, 3.63) is 39.2 Å². The molecule has 102 valence electrons. The van der Waals surface area contributed by atoms with Gasteiger partial charge in [0, 0.05) is 5.56 Å². The highest BCUT2D eigenvalue weighted by Crippen LogP contribution is 2.26. The average molecular weight is 338 g/mol. The van der Waals surface area contributed by atoms with Crippen molar-refractivity contribution < 1.29 is 14.3 Å². The number of nitrogens with one attached hydrogen (secondary N) is 2. The number of H-pyrrole nitrogens is 2. The van der Waals surface area contributed by atoms with E-state index in [2.05, 4.69) is 30.9 Å². The van der Waals surface area contributed by atoms with E-state index in [1.807, 2.05) is 0 Å². The number of aromatic amines is 2. The summed E-state index contributed by atoms with van der Waals surface area (Å²) in [5.74, 6) is -1.50. The first-order valence-corrected chi connectivity index (χ1v) is 6.41. The van der Waals surface area contributed by atoms with Crippen molar-refractivity contribution in [3.8, 4) is 11.3 Å². The third-order valence-electron chi connectivity index (χ3n) is 2.77. The molecule has 0 aliphatic rings. The van der Waals surface area contributed by atoms with Crippen LogP contribution in [-0.4, -0.2) is 26.0 Å². The Balaban J connectivity index is 2.14. The van der Waals surface area contributed by atoms with Gasteiger partial charge in [-0.2, -0.15) is 0 Å². The molecule has 7 nitrogen and oxygen atoms in total. The Kier molecular flexibility index (Phi) is 2.94. The molecule has 2 aromatic heterocycles. The molecule has 0 unspecified atom stereocenters. The minimum Gasteiger partial charge on any atom is -0.481 e. The summed E-state index contributed by atoms with van der Waals surface area (Å²) in [6.07, 6.45) is -0.178. The lowest BCUT2D eigenvalue weighted by Gasteiger charge is -2.00. The fraction of sp³-hybridized carbons (Fsp3) is 0.0833. The lowest BCUT2D eigenvalue weighted by molar-refractivity contribution is -0.136. The molecule has 20 heavy (non-hydrogen) atoms. The van der Waals surface area contributed by atoms with Gasteiger partial charge in [-0.3, -0.25) is 9.78 Å².